The van der Waals surface area contributed by atoms with E-state index in [1.807, 2.05) is 0 Å². The van der Waals surface area contributed by atoms with Crippen LogP contribution < -0.4 is 0 Å². The van der Waals surface area contributed by atoms with Crippen LogP contribution in [-0.4, -0.2) is 11.1 Å². The fourth-order valence-electron chi connectivity index (χ4n) is 4.50. The zero-order valence-electron chi connectivity index (χ0n) is 20.4. The van der Waals surface area contributed by atoms with Crippen molar-refractivity contribution in [3.63, 3.8) is 0 Å². The van der Waals surface area contributed by atoms with Crippen LogP contribution in [0.5, 0.6) is 0 Å². The van der Waals surface area contributed by atoms with Crippen molar-refractivity contribution in [2.45, 2.75) is 156 Å². The molecule has 0 heterocycles. The van der Waals surface area contributed by atoms with Crippen LogP contribution in [-0.2, 0) is 4.79 Å². The molecule has 0 bridgehead atoms. The lowest BCUT2D eigenvalue weighted by atomic mass is 9.89. The molecule has 0 aliphatic heterocycles. The Labute approximate surface area is 183 Å². The highest BCUT2D eigenvalue weighted by molar-refractivity contribution is 5.69. The number of carboxylic acids is 1. The third-order valence-corrected chi connectivity index (χ3v) is 6.71. The van der Waals surface area contributed by atoms with Crippen molar-refractivity contribution in [2.24, 2.45) is 11.8 Å². The lowest BCUT2D eigenvalue weighted by Crippen LogP contribution is -2.14. The van der Waals surface area contributed by atoms with E-state index >= 15 is 0 Å². The summed E-state index contributed by atoms with van der Waals surface area (Å²) in [6.45, 7) is 6.81. The van der Waals surface area contributed by atoms with Crippen LogP contribution in [0.2, 0.25) is 0 Å². The van der Waals surface area contributed by atoms with Gasteiger partial charge in [0.1, 0.15) is 0 Å². The number of unbranched alkanes of at least 4 members (excludes halogenated alkanes) is 13. The van der Waals surface area contributed by atoms with Gasteiger partial charge in [-0.25, -0.2) is 0 Å². The van der Waals surface area contributed by atoms with Gasteiger partial charge in [-0.2, -0.15) is 0 Å². The van der Waals surface area contributed by atoms with E-state index in [0.717, 1.165) is 31.6 Å². The predicted octanol–water partition coefficient (Wildman–Crippen LogP) is 9.56. The summed E-state index contributed by atoms with van der Waals surface area (Å²) in [5.41, 5.74) is 0. The van der Waals surface area contributed by atoms with Gasteiger partial charge in [0, 0.05) is 0 Å². The Morgan fingerprint density at radius 2 is 0.966 bits per heavy atom. The highest BCUT2D eigenvalue weighted by atomic mass is 16.4. The number of carbonyl (C=O) groups is 1. The molecule has 0 aliphatic carbocycles. The number of hydrogen-bond acceptors (Lipinski definition) is 1. The maximum atomic E-state index is 11.6. The molecule has 1 N–H and O–H groups in total. The molecule has 0 fully saturated rings. The Bertz CT molecular complexity index is 339. The van der Waals surface area contributed by atoms with Crippen LogP contribution in [0.3, 0.4) is 0 Å². The van der Waals surface area contributed by atoms with Crippen molar-refractivity contribution in [2.75, 3.05) is 0 Å². The molecule has 29 heavy (non-hydrogen) atoms. The highest BCUT2D eigenvalue weighted by Gasteiger charge is 2.17. The first-order chi connectivity index (χ1) is 14.2. The largest absolute Gasteiger partial charge is 0.481 e. The first-order valence-electron chi connectivity index (χ1n) is 13.4. The number of aliphatic carboxylic acids is 1. The van der Waals surface area contributed by atoms with Gasteiger partial charge in [0.05, 0.1) is 5.92 Å². The van der Waals surface area contributed by atoms with Gasteiger partial charge in [0.25, 0.3) is 0 Å². The minimum atomic E-state index is -0.564. The van der Waals surface area contributed by atoms with Gasteiger partial charge in [-0.3, -0.25) is 4.79 Å². The quantitative estimate of drug-likeness (QED) is 0.170. The van der Waals surface area contributed by atoms with Gasteiger partial charge in [-0.15, -0.1) is 0 Å². The Morgan fingerprint density at radius 3 is 1.41 bits per heavy atom. The Kier molecular flexibility index (Phi) is 21.8. The Balaban J connectivity index is 3.59. The first-order valence-corrected chi connectivity index (χ1v) is 13.4. The number of carboxylic acid groups (broad SMARTS) is 1. The molecular weight excluding hydrogens is 356 g/mol. The smallest absolute Gasteiger partial charge is 0.306 e. The standard InChI is InChI=1S/C27H54O2/c1-4-7-9-10-11-12-13-14-15-16-17-18-19-23-26(27(28)29)24-20-22-25(6-3)21-8-5-2/h25-26H,4-24H2,1-3H3,(H,28,29). The summed E-state index contributed by atoms with van der Waals surface area (Å²) in [6.07, 6.45) is 26.8. The van der Waals surface area contributed by atoms with Gasteiger partial charge in [0.15, 0.2) is 0 Å². The lowest BCUT2D eigenvalue weighted by molar-refractivity contribution is -0.142. The zero-order chi connectivity index (χ0) is 21.6. The van der Waals surface area contributed by atoms with Crippen molar-refractivity contribution in [3.8, 4) is 0 Å². The molecule has 0 spiro atoms. The van der Waals surface area contributed by atoms with Crippen molar-refractivity contribution in [1.29, 1.82) is 0 Å². The number of rotatable bonds is 23. The van der Waals surface area contributed by atoms with Gasteiger partial charge in [0.2, 0.25) is 0 Å². The monoisotopic (exact) mass is 410 g/mol. The predicted molar refractivity (Wildman–Crippen MR) is 129 cm³/mol. The summed E-state index contributed by atoms with van der Waals surface area (Å²) in [7, 11) is 0. The zero-order valence-corrected chi connectivity index (χ0v) is 20.4. The molecule has 0 amide bonds. The van der Waals surface area contributed by atoms with E-state index in [1.54, 1.807) is 0 Å². The summed E-state index contributed by atoms with van der Waals surface area (Å²) < 4.78 is 0. The average Bonchev–Trinajstić information content (AvgIpc) is 2.72. The SMILES string of the molecule is CCCCCCCCCCCCCCCC(CCCC(CC)CCCC)C(=O)O. The molecule has 0 saturated heterocycles. The molecule has 0 rings (SSSR count). The van der Waals surface area contributed by atoms with Crippen LogP contribution in [0.15, 0.2) is 0 Å². The molecular formula is C27H54O2. The summed E-state index contributed by atoms with van der Waals surface area (Å²) in [4.78, 5) is 11.6. The van der Waals surface area contributed by atoms with Crippen LogP contribution in [0.25, 0.3) is 0 Å². The molecule has 0 aromatic rings. The molecule has 0 aliphatic rings. The molecule has 0 radical (unpaired) electrons. The van der Waals surface area contributed by atoms with E-state index in [1.165, 1.54) is 109 Å². The third-order valence-electron chi connectivity index (χ3n) is 6.71. The van der Waals surface area contributed by atoms with Crippen LogP contribution in [0.1, 0.15) is 156 Å². The van der Waals surface area contributed by atoms with Gasteiger partial charge in [-0.1, -0.05) is 143 Å². The van der Waals surface area contributed by atoms with E-state index in [9.17, 15) is 9.90 Å². The fraction of sp³-hybridized carbons (Fsp3) is 0.963. The van der Waals surface area contributed by atoms with Gasteiger partial charge in [-0.05, 0) is 18.8 Å². The van der Waals surface area contributed by atoms with Crippen molar-refractivity contribution in [1.82, 2.24) is 0 Å². The van der Waals surface area contributed by atoms with E-state index in [2.05, 4.69) is 20.8 Å². The average molecular weight is 411 g/mol. The summed E-state index contributed by atoms with van der Waals surface area (Å²) in [5.74, 6) is 0.137. The van der Waals surface area contributed by atoms with Crippen LogP contribution in [0.4, 0.5) is 0 Å². The minimum absolute atomic E-state index is 0.105. The van der Waals surface area contributed by atoms with Gasteiger partial charge < -0.3 is 5.11 Å². The second-order valence-electron chi connectivity index (χ2n) is 9.41. The Morgan fingerprint density at radius 1 is 0.552 bits per heavy atom. The maximum absolute atomic E-state index is 11.6. The van der Waals surface area contributed by atoms with Gasteiger partial charge >= 0.3 is 5.97 Å². The van der Waals surface area contributed by atoms with Crippen molar-refractivity contribution in [3.05, 3.63) is 0 Å². The molecule has 0 aromatic heterocycles. The van der Waals surface area contributed by atoms with Crippen molar-refractivity contribution >= 4 is 5.97 Å². The Hall–Kier alpha value is -0.530. The minimum Gasteiger partial charge on any atom is -0.481 e. The molecule has 2 unspecified atom stereocenters. The van der Waals surface area contributed by atoms with E-state index in [-0.39, 0.29) is 5.92 Å². The fourth-order valence-corrected chi connectivity index (χ4v) is 4.50. The van der Waals surface area contributed by atoms with E-state index in [0.29, 0.717) is 0 Å². The summed E-state index contributed by atoms with van der Waals surface area (Å²) >= 11 is 0. The lowest BCUT2D eigenvalue weighted by Gasteiger charge is -2.16. The first kappa shape index (κ1) is 28.5. The molecule has 0 aromatic carbocycles. The normalized spacial score (nSPS) is 13.5. The van der Waals surface area contributed by atoms with Crippen molar-refractivity contribution < 1.29 is 9.90 Å². The topological polar surface area (TPSA) is 37.3 Å². The maximum Gasteiger partial charge on any atom is 0.306 e. The summed E-state index contributed by atoms with van der Waals surface area (Å²) in [5, 5.41) is 9.53. The third kappa shape index (κ3) is 19.2. The van der Waals surface area contributed by atoms with E-state index < -0.39 is 5.97 Å². The van der Waals surface area contributed by atoms with Crippen LogP contribution in [0, 0.1) is 11.8 Å². The summed E-state index contributed by atoms with van der Waals surface area (Å²) in [6, 6.07) is 0. The molecule has 2 atom stereocenters. The molecule has 174 valence electrons. The molecule has 2 nitrogen and oxygen atoms in total. The second-order valence-corrected chi connectivity index (χ2v) is 9.41. The number of hydrogen-bond donors (Lipinski definition) is 1. The van der Waals surface area contributed by atoms with E-state index in [4.69, 9.17) is 0 Å². The molecule has 2 heteroatoms. The molecule has 0 saturated carbocycles. The highest BCUT2D eigenvalue weighted by Crippen LogP contribution is 2.23. The van der Waals surface area contributed by atoms with Crippen LogP contribution >= 0.6 is 0 Å². The second kappa shape index (κ2) is 22.2.